The topological polar surface area (TPSA) is 84.1 Å². The fourth-order valence-electron chi connectivity index (χ4n) is 3.87. The van der Waals surface area contributed by atoms with Crippen LogP contribution in [0.15, 0.2) is 65.6 Å². The zero-order valence-electron chi connectivity index (χ0n) is 19.1. The SMILES string of the molecule is CC(C)Oc1ccc2nn(-c3ccc4nn(C)cc4c3)c(=O)c(-c3ccc(OC(F)F)cc3)c2n1. The number of aryl methyl sites for hydroxylation is 1. The Morgan fingerprint density at radius 1 is 0.914 bits per heavy atom. The molecule has 0 radical (unpaired) electrons. The number of hydrogen-bond acceptors (Lipinski definition) is 6. The molecule has 3 aromatic heterocycles. The first-order valence-electron chi connectivity index (χ1n) is 10.9. The Labute approximate surface area is 198 Å². The maximum Gasteiger partial charge on any atom is 0.387 e. The summed E-state index contributed by atoms with van der Waals surface area (Å²) in [5, 5.41) is 9.78. The quantitative estimate of drug-likeness (QED) is 0.352. The largest absolute Gasteiger partial charge is 0.475 e. The fourth-order valence-corrected chi connectivity index (χ4v) is 3.87. The summed E-state index contributed by atoms with van der Waals surface area (Å²) in [5.74, 6) is 0.336. The minimum absolute atomic E-state index is 0.0127. The van der Waals surface area contributed by atoms with E-state index in [2.05, 4.69) is 19.9 Å². The van der Waals surface area contributed by atoms with Gasteiger partial charge >= 0.3 is 6.61 Å². The molecular weight excluding hydrogens is 456 g/mol. The summed E-state index contributed by atoms with van der Waals surface area (Å²) in [6.07, 6.45) is 1.73. The van der Waals surface area contributed by atoms with Crippen LogP contribution in [0.1, 0.15) is 13.8 Å². The molecule has 5 aromatic rings. The highest BCUT2D eigenvalue weighted by Gasteiger charge is 2.18. The Morgan fingerprint density at radius 2 is 1.66 bits per heavy atom. The molecule has 10 heteroatoms. The average Bonchev–Trinajstić information content (AvgIpc) is 3.18. The number of rotatable bonds is 6. The van der Waals surface area contributed by atoms with Gasteiger partial charge in [-0.1, -0.05) is 12.1 Å². The molecule has 0 aliphatic carbocycles. The van der Waals surface area contributed by atoms with Crippen molar-refractivity contribution in [1.82, 2.24) is 24.5 Å². The van der Waals surface area contributed by atoms with Crippen molar-refractivity contribution in [2.45, 2.75) is 26.6 Å². The smallest absolute Gasteiger partial charge is 0.387 e. The maximum absolute atomic E-state index is 13.8. The standard InChI is InChI=1S/C25H21F2N5O3/c1-14(2)34-21-11-10-20-23(28-21)22(15-4-7-18(8-5-15)35-25(26)27)24(33)32(30-20)17-6-9-19-16(12-17)13-31(3)29-19/h4-14,25H,1-3H3. The van der Waals surface area contributed by atoms with Crippen molar-refractivity contribution in [2.75, 3.05) is 0 Å². The molecule has 35 heavy (non-hydrogen) atoms. The number of hydrogen-bond donors (Lipinski definition) is 0. The van der Waals surface area contributed by atoms with Crippen molar-refractivity contribution in [3.8, 4) is 28.4 Å². The van der Waals surface area contributed by atoms with Gasteiger partial charge in [0.05, 0.1) is 22.9 Å². The zero-order valence-corrected chi connectivity index (χ0v) is 19.1. The van der Waals surface area contributed by atoms with Crippen LogP contribution >= 0.6 is 0 Å². The molecule has 5 rings (SSSR count). The van der Waals surface area contributed by atoms with E-state index >= 15 is 0 Å². The number of alkyl halides is 2. The number of aromatic nitrogens is 5. The molecular formula is C25H21F2N5O3. The van der Waals surface area contributed by atoms with Gasteiger partial charge in [-0.15, -0.1) is 0 Å². The predicted octanol–water partition coefficient (Wildman–Crippen LogP) is 4.72. The van der Waals surface area contributed by atoms with Crippen molar-refractivity contribution < 1.29 is 18.3 Å². The van der Waals surface area contributed by atoms with E-state index in [4.69, 9.17) is 4.74 Å². The molecule has 0 bridgehead atoms. The zero-order chi connectivity index (χ0) is 24.7. The molecule has 178 valence electrons. The van der Waals surface area contributed by atoms with Crippen LogP contribution in [0, 0.1) is 0 Å². The molecule has 0 spiro atoms. The highest BCUT2D eigenvalue weighted by molar-refractivity contribution is 5.91. The van der Waals surface area contributed by atoms with Crippen LogP contribution < -0.4 is 15.0 Å². The van der Waals surface area contributed by atoms with E-state index in [1.165, 1.54) is 16.8 Å². The van der Waals surface area contributed by atoms with Crippen molar-refractivity contribution >= 4 is 21.9 Å². The van der Waals surface area contributed by atoms with Crippen LogP contribution in [0.2, 0.25) is 0 Å². The van der Waals surface area contributed by atoms with E-state index < -0.39 is 12.2 Å². The van der Waals surface area contributed by atoms with Crippen LogP contribution in [0.5, 0.6) is 11.6 Å². The van der Waals surface area contributed by atoms with Gasteiger partial charge in [-0.3, -0.25) is 9.48 Å². The molecule has 0 N–H and O–H groups in total. The molecule has 0 saturated heterocycles. The van der Waals surface area contributed by atoms with E-state index in [0.717, 1.165) is 10.9 Å². The molecule has 0 aliphatic rings. The monoisotopic (exact) mass is 477 g/mol. The number of fused-ring (bicyclic) bond motifs is 2. The number of pyridine rings is 1. The average molecular weight is 477 g/mol. The third-order valence-corrected chi connectivity index (χ3v) is 5.27. The summed E-state index contributed by atoms with van der Waals surface area (Å²) in [5.41, 5.74) is 2.48. The predicted molar refractivity (Wildman–Crippen MR) is 127 cm³/mol. The highest BCUT2D eigenvalue weighted by atomic mass is 19.3. The van der Waals surface area contributed by atoms with Gasteiger partial charge in [0.15, 0.2) is 0 Å². The van der Waals surface area contributed by atoms with E-state index in [-0.39, 0.29) is 17.4 Å². The summed E-state index contributed by atoms with van der Waals surface area (Å²) >= 11 is 0. The molecule has 0 fully saturated rings. The Bertz CT molecular complexity index is 1590. The van der Waals surface area contributed by atoms with E-state index in [0.29, 0.717) is 28.2 Å². The lowest BCUT2D eigenvalue weighted by Crippen LogP contribution is -2.23. The lowest BCUT2D eigenvalue weighted by molar-refractivity contribution is -0.0498. The molecule has 0 atom stereocenters. The molecule has 0 aliphatic heterocycles. The second-order valence-corrected chi connectivity index (χ2v) is 8.22. The van der Waals surface area contributed by atoms with Crippen LogP contribution in [0.25, 0.3) is 38.8 Å². The minimum atomic E-state index is -2.94. The molecule has 8 nitrogen and oxygen atoms in total. The van der Waals surface area contributed by atoms with E-state index in [1.54, 1.807) is 35.0 Å². The summed E-state index contributed by atoms with van der Waals surface area (Å²) < 4.78 is 38.4. The van der Waals surface area contributed by atoms with E-state index in [1.807, 2.05) is 39.2 Å². The Morgan fingerprint density at radius 3 is 2.37 bits per heavy atom. The lowest BCUT2D eigenvalue weighted by atomic mass is 10.1. The molecule has 2 aromatic carbocycles. The van der Waals surface area contributed by atoms with Crippen LogP contribution in [-0.2, 0) is 7.05 Å². The van der Waals surface area contributed by atoms with Gasteiger partial charge in [0, 0.05) is 24.7 Å². The number of halogens is 2. The van der Waals surface area contributed by atoms with Crippen molar-refractivity contribution in [1.29, 1.82) is 0 Å². The van der Waals surface area contributed by atoms with E-state index in [9.17, 15) is 13.6 Å². The summed E-state index contributed by atoms with van der Waals surface area (Å²) in [6, 6.07) is 14.7. The summed E-state index contributed by atoms with van der Waals surface area (Å²) in [4.78, 5) is 18.3. The molecule has 3 heterocycles. The lowest BCUT2D eigenvalue weighted by Gasteiger charge is -2.14. The maximum atomic E-state index is 13.8. The molecule has 0 saturated carbocycles. The fraction of sp³-hybridized carbons (Fsp3) is 0.200. The van der Waals surface area contributed by atoms with Gasteiger partial charge in [-0.25, -0.2) is 4.98 Å². The third kappa shape index (κ3) is 4.42. The molecule has 0 unspecified atom stereocenters. The van der Waals surface area contributed by atoms with Crippen molar-refractivity contribution in [3.05, 3.63) is 71.1 Å². The van der Waals surface area contributed by atoms with Gasteiger partial charge in [0.1, 0.15) is 16.8 Å². The Hall–Kier alpha value is -4.34. The van der Waals surface area contributed by atoms with Crippen molar-refractivity contribution in [2.24, 2.45) is 7.05 Å². The van der Waals surface area contributed by atoms with Gasteiger partial charge in [-0.05, 0) is 55.8 Å². The third-order valence-electron chi connectivity index (χ3n) is 5.27. The van der Waals surface area contributed by atoms with Crippen LogP contribution in [-0.4, -0.2) is 37.3 Å². The first kappa shape index (κ1) is 22.5. The first-order chi connectivity index (χ1) is 16.8. The second-order valence-electron chi connectivity index (χ2n) is 8.22. The first-order valence-corrected chi connectivity index (χ1v) is 10.9. The van der Waals surface area contributed by atoms with Gasteiger partial charge < -0.3 is 9.47 Å². The Balaban J connectivity index is 1.73. The normalized spacial score (nSPS) is 11.6. The van der Waals surface area contributed by atoms with Gasteiger partial charge in [-0.2, -0.15) is 23.7 Å². The second kappa shape index (κ2) is 8.79. The van der Waals surface area contributed by atoms with Crippen molar-refractivity contribution in [3.63, 3.8) is 0 Å². The minimum Gasteiger partial charge on any atom is -0.475 e. The molecule has 0 amide bonds. The van der Waals surface area contributed by atoms with Crippen LogP contribution in [0.4, 0.5) is 8.78 Å². The van der Waals surface area contributed by atoms with Gasteiger partial charge in [0.2, 0.25) is 5.88 Å². The number of benzene rings is 2. The number of nitrogens with zero attached hydrogens (tertiary/aromatic N) is 5. The number of ether oxygens (including phenoxy) is 2. The van der Waals surface area contributed by atoms with Crippen LogP contribution in [0.3, 0.4) is 0 Å². The van der Waals surface area contributed by atoms with Gasteiger partial charge in [0.25, 0.3) is 5.56 Å². The summed E-state index contributed by atoms with van der Waals surface area (Å²) in [7, 11) is 1.82. The summed E-state index contributed by atoms with van der Waals surface area (Å²) in [6.45, 7) is 0.804. The highest BCUT2D eigenvalue weighted by Crippen LogP contribution is 2.28. The Kier molecular flexibility index (Phi) is 5.64.